The van der Waals surface area contributed by atoms with E-state index in [1.165, 1.54) is 0 Å². The lowest BCUT2D eigenvalue weighted by molar-refractivity contribution is -0.113. The summed E-state index contributed by atoms with van der Waals surface area (Å²) in [4.78, 5) is 13.3. The van der Waals surface area contributed by atoms with Crippen molar-refractivity contribution in [1.82, 2.24) is 10.6 Å². The van der Waals surface area contributed by atoms with Gasteiger partial charge in [-0.1, -0.05) is 37.6 Å². The lowest BCUT2D eigenvalue weighted by Gasteiger charge is -2.31. The third-order valence-electron chi connectivity index (χ3n) is 5.26. The van der Waals surface area contributed by atoms with Gasteiger partial charge in [-0.2, -0.15) is 0 Å². The summed E-state index contributed by atoms with van der Waals surface area (Å²) in [6, 6.07) is 13.0. The van der Waals surface area contributed by atoms with Crippen molar-refractivity contribution in [3.63, 3.8) is 0 Å². The number of amides is 1. The second-order valence-electron chi connectivity index (χ2n) is 7.68. The largest absolute Gasteiger partial charge is 0.490 e. The molecule has 1 atom stereocenters. The minimum Gasteiger partial charge on any atom is -0.490 e. The number of aryl methyl sites for hydroxylation is 1. The highest BCUT2D eigenvalue weighted by Crippen LogP contribution is 2.35. The van der Waals surface area contributed by atoms with E-state index in [0.717, 1.165) is 29.7 Å². The topological polar surface area (TPSA) is 71.6 Å². The SMILES string of the molecule is CCCCOc1ccc(C2NC(=S)NC(C)=C2C(=O)Nc2ccccc2C)cc1OCC. The first-order chi connectivity index (χ1) is 15.4. The van der Waals surface area contributed by atoms with E-state index in [4.69, 9.17) is 21.7 Å². The lowest BCUT2D eigenvalue weighted by Crippen LogP contribution is -2.45. The van der Waals surface area contributed by atoms with Gasteiger partial charge in [0.05, 0.1) is 24.8 Å². The average Bonchev–Trinajstić information content (AvgIpc) is 2.76. The minimum atomic E-state index is -0.420. The van der Waals surface area contributed by atoms with Gasteiger partial charge in [-0.15, -0.1) is 0 Å². The third-order valence-corrected chi connectivity index (χ3v) is 5.48. The van der Waals surface area contributed by atoms with Crippen LogP contribution in [0.5, 0.6) is 11.5 Å². The second-order valence-corrected chi connectivity index (χ2v) is 8.09. The Hall–Kier alpha value is -3.06. The van der Waals surface area contributed by atoms with Crippen LogP contribution in [0.1, 0.15) is 50.8 Å². The molecule has 170 valence electrons. The Morgan fingerprint density at radius 1 is 1.09 bits per heavy atom. The Bertz CT molecular complexity index is 1020. The Balaban J connectivity index is 1.93. The number of benzene rings is 2. The number of allylic oxidation sites excluding steroid dienone is 1. The van der Waals surface area contributed by atoms with Crippen LogP contribution in [0.15, 0.2) is 53.7 Å². The van der Waals surface area contributed by atoms with Crippen LogP contribution in [0.3, 0.4) is 0 Å². The van der Waals surface area contributed by atoms with Crippen LogP contribution in [0.25, 0.3) is 0 Å². The van der Waals surface area contributed by atoms with Crippen molar-refractivity contribution in [3.8, 4) is 11.5 Å². The molecule has 3 N–H and O–H groups in total. The van der Waals surface area contributed by atoms with Gasteiger partial charge in [-0.3, -0.25) is 4.79 Å². The highest BCUT2D eigenvalue weighted by atomic mass is 32.1. The number of hydrogen-bond donors (Lipinski definition) is 3. The number of thiocarbonyl (C=S) groups is 1. The molecular weight excluding hydrogens is 422 g/mol. The molecule has 1 heterocycles. The number of anilines is 1. The van der Waals surface area contributed by atoms with E-state index in [2.05, 4.69) is 22.9 Å². The highest BCUT2D eigenvalue weighted by Gasteiger charge is 2.30. The summed E-state index contributed by atoms with van der Waals surface area (Å²) in [5, 5.41) is 9.83. The fraction of sp³-hybridized carbons (Fsp3) is 0.360. The minimum absolute atomic E-state index is 0.189. The Morgan fingerprint density at radius 3 is 2.59 bits per heavy atom. The normalized spacial score (nSPS) is 15.6. The first-order valence-electron chi connectivity index (χ1n) is 11.0. The van der Waals surface area contributed by atoms with Crippen molar-refractivity contribution in [2.24, 2.45) is 0 Å². The molecule has 0 fully saturated rings. The number of rotatable bonds is 9. The molecule has 3 rings (SSSR count). The number of para-hydroxylation sites is 1. The summed E-state index contributed by atoms with van der Waals surface area (Å²) in [6.45, 7) is 9.03. The van der Waals surface area contributed by atoms with E-state index in [-0.39, 0.29) is 5.91 Å². The molecule has 0 aliphatic carbocycles. The van der Waals surface area contributed by atoms with Crippen LogP contribution >= 0.6 is 12.2 Å². The van der Waals surface area contributed by atoms with Crippen molar-refractivity contribution >= 4 is 28.9 Å². The van der Waals surface area contributed by atoms with Gasteiger partial charge in [0, 0.05) is 11.4 Å². The van der Waals surface area contributed by atoms with Gasteiger partial charge in [0.15, 0.2) is 16.6 Å². The fourth-order valence-electron chi connectivity index (χ4n) is 3.57. The Kier molecular flexibility index (Phi) is 8.11. The molecule has 0 radical (unpaired) electrons. The van der Waals surface area contributed by atoms with E-state index in [1.54, 1.807) is 0 Å². The number of ether oxygens (including phenoxy) is 2. The van der Waals surface area contributed by atoms with Crippen LogP contribution in [-0.2, 0) is 4.79 Å². The first-order valence-corrected chi connectivity index (χ1v) is 11.4. The number of hydrogen-bond acceptors (Lipinski definition) is 4. The summed E-state index contributed by atoms with van der Waals surface area (Å²) >= 11 is 5.39. The quantitative estimate of drug-likeness (QED) is 0.366. The lowest BCUT2D eigenvalue weighted by atomic mass is 9.94. The molecule has 6 nitrogen and oxygen atoms in total. The molecule has 0 spiro atoms. The highest BCUT2D eigenvalue weighted by molar-refractivity contribution is 7.80. The second kappa shape index (κ2) is 11.0. The van der Waals surface area contributed by atoms with Crippen LogP contribution < -0.4 is 25.4 Å². The van der Waals surface area contributed by atoms with E-state index in [1.807, 2.05) is 63.2 Å². The van der Waals surface area contributed by atoms with Gasteiger partial charge >= 0.3 is 0 Å². The summed E-state index contributed by atoms with van der Waals surface area (Å²) in [5.41, 5.74) is 3.93. The summed E-state index contributed by atoms with van der Waals surface area (Å²) < 4.78 is 11.7. The molecule has 1 amide bonds. The van der Waals surface area contributed by atoms with Crippen molar-refractivity contribution in [2.75, 3.05) is 18.5 Å². The summed E-state index contributed by atoms with van der Waals surface area (Å²) in [6.07, 6.45) is 2.03. The van der Waals surface area contributed by atoms with Crippen molar-refractivity contribution in [3.05, 3.63) is 64.9 Å². The van der Waals surface area contributed by atoms with Gasteiger partial charge in [0.25, 0.3) is 5.91 Å². The van der Waals surface area contributed by atoms with Gasteiger partial charge in [-0.05, 0) is 68.7 Å². The molecule has 1 unspecified atom stereocenters. The van der Waals surface area contributed by atoms with Crippen LogP contribution in [0.4, 0.5) is 5.69 Å². The smallest absolute Gasteiger partial charge is 0.255 e. The first kappa shape index (κ1) is 23.6. The number of carbonyl (C=O) groups is 1. The molecule has 2 aromatic carbocycles. The van der Waals surface area contributed by atoms with Gasteiger partial charge in [0.2, 0.25) is 0 Å². The molecule has 0 aromatic heterocycles. The van der Waals surface area contributed by atoms with Gasteiger partial charge in [-0.25, -0.2) is 0 Å². The Morgan fingerprint density at radius 2 is 1.88 bits per heavy atom. The van der Waals surface area contributed by atoms with Crippen LogP contribution in [0.2, 0.25) is 0 Å². The standard InChI is InChI=1S/C25H31N3O3S/c1-5-7-14-31-20-13-12-18(15-21(20)30-6-2)23-22(17(4)26-25(32)28-23)24(29)27-19-11-9-8-10-16(19)3/h8-13,15,23H,5-7,14H2,1-4H3,(H,27,29)(H2,26,28,32). The van der Waals surface area contributed by atoms with E-state index in [9.17, 15) is 4.79 Å². The van der Waals surface area contributed by atoms with E-state index in [0.29, 0.717) is 41.1 Å². The molecular formula is C25H31N3O3S. The average molecular weight is 454 g/mol. The maximum absolute atomic E-state index is 13.3. The molecule has 7 heteroatoms. The van der Waals surface area contributed by atoms with Crippen molar-refractivity contribution in [1.29, 1.82) is 0 Å². The zero-order valence-electron chi connectivity index (χ0n) is 19.1. The predicted molar refractivity (Wildman–Crippen MR) is 132 cm³/mol. The number of carbonyl (C=O) groups excluding carboxylic acids is 1. The summed E-state index contributed by atoms with van der Waals surface area (Å²) in [5.74, 6) is 1.17. The fourth-order valence-corrected chi connectivity index (χ4v) is 3.84. The zero-order valence-corrected chi connectivity index (χ0v) is 19.9. The van der Waals surface area contributed by atoms with Crippen LogP contribution in [-0.4, -0.2) is 24.2 Å². The third kappa shape index (κ3) is 5.59. The molecule has 0 saturated carbocycles. The van der Waals surface area contributed by atoms with E-state index < -0.39 is 6.04 Å². The number of unbranched alkanes of at least 4 members (excludes halogenated alkanes) is 1. The molecule has 32 heavy (non-hydrogen) atoms. The monoisotopic (exact) mass is 453 g/mol. The van der Waals surface area contributed by atoms with Crippen molar-refractivity contribution in [2.45, 2.75) is 46.6 Å². The zero-order chi connectivity index (χ0) is 23.1. The maximum Gasteiger partial charge on any atom is 0.255 e. The van der Waals surface area contributed by atoms with E-state index >= 15 is 0 Å². The number of nitrogens with one attached hydrogen (secondary N) is 3. The van der Waals surface area contributed by atoms with Gasteiger partial charge < -0.3 is 25.4 Å². The molecule has 2 aromatic rings. The Labute approximate surface area is 195 Å². The summed E-state index contributed by atoms with van der Waals surface area (Å²) in [7, 11) is 0. The molecule has 1 aliphatic rings. The van der Waals surface area contributed by atoms with Gasteiger partial charge in [0.1, 0.15) is 0 Å². The molecule has 0 saturated heterocycles. The maximum atomic E-state index is 13.3. The molecule has 1 aliphatic heterocycles. The predicted octanol–water partition coefficient (Wildman–Crippen LogP) is 5.00. The van der Waals surface area contributed by atoms with Crippen molar-refractivity contribution < 1.29 is 14.3 Å². The van der Waals surface area contributed by atoms with Crippen LogP contribution in [0, 0.1) is 6.92 Å². The molecule has 0 bridgehead atoms.